The number of likely N-dealkylation sites (N-methyl/N-ethyl adjacent to an activating group) is 2. The first-order valence-electron chi connectivity index (χ1n) is 13.2. The summed E-state index contributed by atoms with van der Waals surface area (Å²) in [5.74, 6) is -1.85. The molecule has 1 saturated heterocycles. The molecule has 11 heteroatoms. The summed E-state index contributed by atoms with van der Waals surface area (Å²) >= 11 is 0. The number of halogens is 3. The lowest BCUT2D eigenvalue weighted by molar-refractivity contribution is -0.138. The Hall–Kier alpha value is -4.22. The molecule has 3 aromatic rings. The number of nitrogens with one attached hydrogen (secondary N) is 2. The zero-order valence-electron chi connectivity index (χ0n) is 22.9. The van der Waals surface area contributed by atoms with Crippen molar-refractivity contribution in [2.75, 3.05) is 55.8 Å². The van der Waals surface area contributed by atoms with Crippen LogP contribution in [-0.2, 0) is 17.5 Å². The highest BCUT2D eigenvalue weighted by molar-refractivity contribution is 6.53. The quantitative estimate of drug-likeness (QED) is 0.413. The Bertz CT molecular complexity index is 1530. The molecule has 0 unspecified atom stereocenters. The van der Waals surface area contributed by atoms with E-state index in [1.165, 1.54) is 24.1 Å². The zero-order chi connectivity index (χ0) is 29.5. The molecule has 0 spiro atoms. The number of piperazine rings is 1. The molecule has 3 aromatic carbocycles. The van der Waals surface area contributed by atoms with Gasteiger partial charge in [0.1, 0.15) is 0 Å². The summed E-state index contributed by atoms with van der Waals surface area (Å²) in [6.07, 6.45) is -4.58. The molecule has 41 heavy (non-hydrogen) atoms. The smallest absolute Gasteiger partial charge is 0.355 e. The topological polar surface area (TPSA) is 85.0 Å². The van der Waals surface area contributed by atoms with Crippen molar-refractivity contribution in [3.8, 4) is 0 Å². The number of carbonyl (C=O) groups excluding carboxylic acids is 3. The van der Waals surface area contributed by atoms with E-state index in [1.807, 2.05) is 11.9 Å². The van der Waals surface area contributed by atoms with Crippen LogP contribution in [-0.4, -0.2) is 67.7 Å². The first-order chi connectivity index (χ1) is 19.4. The maximum Gasteiger partial charge on any atom is 0.416 e. The molecular weight excluding hydrogens is 535 g/mol. The number of ketones is 1. The van der Waals surface area contributed by atoms with Crippen molar-refractivity contribution in [2.45, 2.75) is 19.6 Å². The van der Waals surface area contributed by atoms with Crippen LogP contribution in [0, 0.1) is 6.92 Å². The van der Waals surface area contributed by atoms with Crippen LogP contribution < -0.4 is 15.5 Å². The molecule has 0 aromatic heterocycles. The second-order valence-corrected chi connectivity index (χ2v) is 10.5. The van der Waals surface area contributed by atoms with E-state index in [2.05, 4.69) is 15.5 Å². The maximum atomic E-state index is 14.0. The molecule has 2 aliphatic heterocycles. The van der Waals surface area contributed by atoms with E-state index in [4.69, 9.17) is 0 Å². The summed E-state index contributed by atoms with van der Waals surface area (Å²) in [6, 6.07) is 13.7. The largest absolute Gasteiger partial charge is 0.416 e. The molecule has 2 amide bonds. The molecule has 0 bridgehead atoms. The number of hydrogen-bond donors (Lipinski definition) is 2. The van der Waals surface area contributed by atoms with Crippen LogP contribution in [0.3, 0.4) is 0 Å². The molecule has 1 fully saturated rings. The maximum absolute atomic E-state index is 14.0. The zero-order valence-corrected chi connectivity index (χ0v) is 22.9. The van der Waals surface area contributed by atoms with E-state index in [1.54, 1.807) is 43.3 Å². The van der Waals surface area contributed by atoms with Crippen LogP contribution in [0.15, 0.2) is 54.6 Å². The number of benzene rings is 3. The van der Waals surface area contributed by atoms with Gasteiger partial charge in [0.2, 0.25) is 0 Å². The fourth-order valence-electron chi connectivity index (χ4n) is 5.08. The molecule has 2 aliphatic rings. The summed E-state index contributed by atoms with van der Waals surface area (Å²) in [5.41, 5.74) is 2.04. The highest BCUT2D eigenvalue weighted by atomic mass is 19.4. The van der Waals surface area contributed by atoms with E-state index in [0.717, 1.165) is 24.7 Å². The van der Waals surface area contributed by atoms with Crippen LogP contribution in [0.1, 0.15) is 37.4 Å². The second kappa shape index (κ2) is 11.0. The highest BCUT2D eigenvalue weighted by Crippen LogP contribution is 2.37. The monoisotopic (exact) mass is 565 g/mol. The van der Waals surface area contributed by atoms with Gasteiger partial charge < -0.3 is 20.4 Å². The van der Waals surface area contributed by atoms with Crippen molar-refractivity contribution in [2.24, 2.45) is 0 Å². The van der Waals surface area contributed by atoms with E-state index in [9.17, 15) is 27.6 Å². The summed E-state index contributed by atoms with van der Waals surface area (Å²) in [7, 11) is 3.51. The molecule has 8 nitrogen and oxygen atoms in total. The lowest BCUT2D eigenvalue weighted by Gasteiger charge is -2.33. The first kappa shape index (κ1) is 28.3. The van der Waals surface area contributed by atoms with Crippen molar-refractivity contribution in [1.82, 2.24) is 9.80 Å². The molecule has 0 saturated carbocycles. The van der Waals surface area contributed by atoms with Gasteiger partial charge in [-0.15, -0.1) is 0 Å². The van der Waals surface area contributed by atoms with Gasteiger partial charge in [0.05, 0.1) is 22.5 Å². The molecule has 2 heterocycles. The summed E-state index contributed by atoms with van der Waals surface area (Å²) < 4.78 is 42.0. The number of Topliss-reactive ketones (excluding diaryl/α,β-unsaturated/α-hetero) is 1. The number of fused-ring (bicyclic) bond motifs is 1. The van der Waals surface area contributed by atoms with Crippen LogP contribution in [0.5, 0.6) is 0 Å². The minimum absolute atomic E-state index is 0.0348. The standard InChI is InChI=1S/C30H30F3N5O3/c1-18-7-8-19(15-24(18)35-23-5-4-6-25-26(23)27(39)29(41)37(25)3)28(40)34-21-10-9-20(22(16-21)30(31,32)33)17-38-13-11-36(2)12-14-38/h4-10,15-16,35H,11-14,17H2,1-3H3,(H,34,40). The molecule has 0 radical (unpaired) electrons. The number of nitrogens with zero attached hydrogens (tertiary/aromatic N) is 3. The van der Waals surface area contributed by atoms with Gasteiger partial charge in [0.15, 0.2) is 0 Å². The van der Waals surface area contributed by atoms with Crippen molar-refractivity contribution >= 4 is 40.3 Å². The highest BCUT2D eigenvalue weighted by Gasteiger charge is 2.36. The summed E-state index contributed by atoms with van der Waals surface area (Å²) in [5, 5.41) is 5.73. The van der Waals surface area contributed by atoms with Crippen LogP contribution in [0.25, 0.3) is 0 Å². The number of anilines is 4. The third kappa shape index (κ3) is 5.82. The van der Waals surface area contributed by atoms with Gasteiger partial charge in [-0.05, 0) is 61.5 Å². The normalized spacial score (nSPS) is 16.2. The van der Waals surface area contributed by atoms with E-state index in [-0.39, 0.29) is 28.9 Å². The van der Waals surface area contributed by atoms with Crippen molar-refractivity contribution < 1.29 is 27.6 Å². The van der Waals surface area contributed by atoms with Crippen LogP contribution in [0.2, 0.25) is 0 Å². The number of aryl methyl sites for hydroxylation is 1. The third-order valence-corrected chi connectivity index (χ3v) is 7.56. The van der Waals surface area contributed by atoms with Crippen molar-refractivity contribution in [3.63, 3.8) is 0 Å². The predicted molar refractivity (Wildman–Crippen MR) is 151 cm³/mol. The lowest BCUT2D eigenvalue weighted by Crippen LogP contribution is -2.44. The van der Waals surface area contributed by atoms with E-state index in [0.29, 0.717) is 30.2 Å². The molecule has 2 N–H and O–H groups in total. The van der Waals surface area contributed by atoms with Gasteiger partial charge in [-0.25, -0.2) is 0 Å². The number of amides is 2. The number of carbonyl (C=O) groups is 3. The predicted octanol–water partition coefficient (Wildman–Crippen LogP) is 4.92. The van der Waals surface area contributed by atoms with E-state index >= 15 is 0 Å². The first-order valence-corrected chi connectivity index (χ1v) is 13.2. The number of hydrogen-bond acceptors (Lipinski definition) is 6. The van der Waals surface area contributed by atoms with E-state index < -0.39 is 29.3 Å². The van der Waals surface area contributed by atoms with Crippen LogP contribution >= 0.6 is 0 Å². The van der Waals surface area contributed by atoms with Gasteiger partial charge in [0.25, 0.3) is 17.6 Å². The fourth-order valence-corrected chi connectivity index (χ4v) is 5.08. The molecular formula is C30H30F3N5O3. The number of rotatable bonds is 6. The Morgan fingerprint density at radius 1 is 0.927 bits per heavy atom. The summed E-state index contributed by atoms with van der Waals surface area (Å²) in [6.45, 7) is 4.94. The second-order valence-electron chi connectivity index (χ2n) is 10.5. The lowest BCUT2D eigenvalue weighted by atomic mass is 10.0. The van der Waals surface area contributed by atoms with Crippen molar-refractivity contribution in [3.05, 3.63) is 82.4 Å². The summed E-state index contributed by atoms with van der Waals surface area (Å²) in [4.78, 5) is 43.3. The minimum atomic E-state index is -4.58. The fraction of sp³-hybridized carbons (Fsp3) is 0.300. The molecule has 0 atom stereocenters. The third-order valence-electron chi connectivity index (χ3n) is 7.56. The number of alkyl halides is 3. The Morgan fingerprint density at radius 2 is 1.66 bits per heavy atom. The van der Waals surface area contributed by atoms with Gasteiger partial charge in [-0.1, -0.05) is 18.2 Å². The SMILES string of the molecule is Cc1ccc(C(=O)Nc2ccc(CN3CCN(C)CC3)c(C(F)(F)F)c2)cc1Nc1cccc2c1C(=O)C(=O)N2C. The average molecular weight is 566 g/mol. The Kier molecular flexibility index (Phi) is 7.58. The molecule has 5 rings (SSSR count). The van der Waals surface area contributed by atoms with Gasteiger partial charge in [-0.3, -0.25) is 19.3 Å². The van der Waals surface area contributed by atoms with Crippen LogP contribution in [0.4, 0.5) is 35.9 Å². The van der Waals surface area contributed by atoms with Crippen molar-refractivity contribution in [1.29, 1.82) is 0 Å². The Labute approximate surface area is 235 Å². The average Bonchev–Trinajstić information content (AvgIpc) is 3.15. The van der Waals surface area contributed by atoms with Gasteiger partial charge >= 0.3 is 6.18 Å². The minimum Gasteiger partial charge on any atom is -0.355 e. The Morgan fingerprint density at radius 3 is 2.37 bits per heavy atom. The Balaban J connectivity index is 1.36. The molecule has 214 valence electrons. The molecule has 0 aliphatic carbocycles. The van der Waals surface area contributed by atoms with Gasteiger partial charge in [-0.2, -0.15) is 13.2 Å². The van der Waals surface area contributed by atoms with Gasteiger partial charge in [0, 0.05) is 56.7 Å².